The number of nitrogens with zero attached hydrogens (tertiary/aromatic N) is 1. The van der Waals surface area contributed by atoms with Gasteiger partial charge in [0.05, 0.1) is 0 Å². The summed E-state index contributed by atoms with van der Waals surface area (Å²) in [5, 5.41) is 0. The Morgan fingerprint density at radius 2 is 1.64 bits per heavy atom. The lowest BCUT2D eigenvalue weighted by molar-refractivity contribution is 0.504. The lowest BCUT2D eigenvalue weighted by Crippen LogP contribution is -2.02. The highest BCUT2D eigenvalue weighted by molar-refractivity contribution is 5.13. The second-order valence-corrected chi connectivity index (χ2v) is 4.66. The summed E-state index contributed by atoms with van der Waals surface area (Å²) in [4.78, 5) is 0. The van der Waals surface area contributed by atoms with Gasteiger partial charge in [-0.05, 0) is 38.3 Å². The third-order valence-electron chi connectivity index (χ3n) is 2.83. The molecule has 0 aliphatic carbocycles. The van der Waals surface area contributed by atoms with E-state index in [1.54, 1.807) is 0 Å². The largest absolute Gasteiger partial charge is 0.349 e. The molecule has 0 N–H and O–H groups in total. The van der Waals surface area contributed by atoms with E-state index in [1.165, 1.54) is 37.2 Å². The molecule has 1 aromatic heterocycles. The zero-order valence-corrected chi connectivity index (χ0v) is 10.0. The molecule has 0 atom stereocenters. The molecule has 80 valence electrons. The van der Waals surface area contributed by atoms with Gasteiger partial charge < -0.3 is 4.57 Å². The second-order valence-electron chi connectivity index (χ2n) is 4.66. The summed E-state index contributed by atoms with van der Waals surface area (Å²) in [7, 11) is 0. The summed E-state index contributed by atoms with van der Waals surface area (Å²) in [5.74, 6) is 0.849. The molecular formula is C13H23N. The van der Waals surface area contributed by atoms with Gasteiger partial charge in [0.2, 0.25) is 0 Å². The average molecular weight is 193 g/mol. The maximum atomic E-state index is 2.42. The number of aryl methyl sites for hydroxylation is 2. The molecular weight excluding hydrogens is 170 g/mol. The maximum Gasteiger partial charge on any atom is 0.0224 e. The minimum atomic E-state index is 0.849. The van der Waals surface area contributed by atoms with E-state index in [9.17, 15) is 0 Å². The third-order valence-corrected chi connectivity index (χ3v) is 2.83. The summed E-state index contributed by atoms with van der Waals surface area (Å²) in [5.41, 5.74) is 2.79. The van der Waals surface area contributed by atoms with Gasteiger partial charge in [0.1, 0.15) is 0 Å². The number of hydrogen-bond donors (Lipinski definition) is 0. The minimum absolute atomic E-state index is 0.849. The topological polar surface area (TPSA) is 4.93 Å². The van der Waals surface area contributed by atoms with Crippen molar-refractivity contribution >= 4 is 0 Å². The van der Waals surface area contributed by atoms with Crippen LogP contribution in [-0.2, 0) is 6.54 Å². The van der Waals surface area contributed by atoms with Crippen LogP contribution >= 0.6 is 0 Å². The Labute approximate surface area is 88.1 Å². The summed E-state index contributed by atoms with van der Waals surface area (Å²) in [6, 6.07) is 4.41. The van der Waals surface area contributed by atoms with Crippen molar-refractivity contribution in [3.63, 3.8) is 0 Å². The third kappa shape index (κ3) is 3.21. The van der Waals surface area contributed by atoms with Crippen LogP contribution < -0.4 is 0 Å². The van der Waals surface area contributed by atoms with Crippen molar-refractivity contribution in [3.8, 4) is 0 Å². The molecule has 0 radical (unpaired) electrons. The molecule has 0 unspecified atom stereocenters. The van der Waals surface area contributed by atoms with Crippen molar-refractivity contribution in [2.24, 2.45) is 5.92 Å². The summed E-state index contributed by atoms with van der Waals surface area (Å²) < 4.78 is 2.42. The Morgan fingerprint density at radius 1 is 1.07 bits per heavy atom. The van der Waals surface area contributed by atoms with Gasteiger partial charge >= 0.3 is 0 Å². The van der Waals surface area contributed by atoms with Gasteiger partial charge in [-0.1, -0.05) is 26.7 Å². The Morgan fingerprint density at radius 3 is 2.14 bits per heavy atom. The summed E-state index contributed by atoms with van der Waals surface area (Å²) in [6.07, 6.45) is 4.03. The molecule has 1 heteroatoms. The predicted molar refractivity (Wildman–Crippen MR) is 62.6 cm³/mol. The molecule has 0 bridgehead atoms. The van der Waals surface area contributed by atoms with Gasteiger partial charge in [0.15, 0.2) is 0 Å². The van der Waals surface area contributed by atoms with Crippen LogP contribution in [0.5, 0.6) is 0 Å². The van der Waals surface area contributed by atoms with Gasteiger partial charge in [-0.25, -0.2) is 0 Å². The van der Waals surface area contributed by atoms with Crippen molar-refractivity contribution in [1.82, 2.24) is 4.57 Å². The van der Waals surface area contributed by atoms with Crippen LogP contribution in [0.25, 0.3) is 0 Å². The van der Waals surface area contributed by atoms with Crippen LogP contribution in [0, 0.1) is 19.8 Å². The quantitative estimate of drug-likeness (QED) is 0.624. The molecule has 0 aliphatic rings. The summed E-state index contributed by atoms with van der Waals surface area (Å²) in [6.45, 7) is 10.2. The standard InChI is InChI=1S/C13H23N/c1-11(2)7-5-6-10-14-12(3)8-9-13(14)4/h8-9,11H,5-7,10H2,1-4H3. The molecule has 0 amide bonds. The fourth-order valence-corrected chi connectivity index (χ4v) is 1.87. The Balaban J connectivity index is 2.31. The molecule has 14 heavy (non-hydrogen) atoms. The van der Waals surface area contributed by atoms with Gasteiger partial charge in [0, 0.05) is 17.9 Å². The first-order valence-corrected chi connectivity index (χ1v) is 5.74. The number of unbranched alkanes of at least 4 members (excludes halogenated alkanes) is 1. The monoisotopic (exact) mass is 193 g/mol. The maximum absolute atomic E-state index is 2.42. The molecule has 1 aromatic rings. The zero-order chi connectivity index (χ0) is 10.6. The molecule has 0 fully saturated rings. The Kier molecular flexibility index (Phi) is 4.24. The Hall–Kier alpha value is -0.720. The van der Waals surface area contributed by atoms with Crippen molar-refractivity contribution in [1.29, 1.82) is 0 Å². The van der Waals surface area contributed by atoms with E-state index in [0.29, 0.717) is 0 Å². The Bertz CT molecular complexity index is 251. The zero-order valence-electron chi connectivity index (χ0n) is 10.0. The first-order chi connectivity index (χ1) is 6.61. The molecule has 0 saturated heterocycles. The molecule has 0 aliphatic heterocycles. The van der Waals surface area contributed by atoms with E-state index in [-0.39, 0.29) is 0 Å². The highest BCUT2D eigenvalue weighted by Crippen LogP contribution is 2.11. The summed E-state index contributed by atoms with van der Waals surface area (Å²) >= 11 is 0. The SMILES string of the molecule is Cc1ccc(C)n1CCCCC(C)C. The van der Waals surface area contributed by atoms with E-state index >= 15 is 0 Å². The first-order valence-electron chi connectivity index (χ1n) is 5.74. The lowest BCUT2D eigenvalue weighted by atomic mass is 10.1. The minimum Gasteiger partial charge on any atom is -0.349 e. The molecule has 0 spiro atoms. The van der Waals surface area contributed by atoms with E-state index in [0.717, 1.165) is 5.92 Å². The number of hydrogen-bond acceptors (Lipinski definition) is 0. The van der Waals surface area contributed by atoms with Crippen LogP contribution in [0.2, 0.25) is 0 Å². The van der Waals surface area contributed by atoms with E-state index < -0.39 is 0 Å². The second kappa shape index (κ2) is 5.23. The fourth-order valence-electron chi connectivity index (χ4n) is 1.87. The van der Waals surface area contributed by atoms with Gasteiger partial charge in [-0.15, -0.1) is 0 Å². The smallest absolute Gasteiger partial charge is 0.0224 e. The average Bonchev–Trinajstić information content (AvgIpc) is 2.42. The van der Waals surface area contributed by atoms with Crippen molar-refractivity contribution in [3.05, 3.63) is 23.5 Å². The molecule has 1 rings (SSSR count). The van der Waals surface area contributed by atoms with Crippen LogP contribution in [0.3, 0.4) is 0 Å². The highest BCUT2D eigenvalue weighted by Gasteiger charge is 2.00. The van der Waals surface area contributed by atoms with Crippen LogP contribution in [0.4, 0.5) is 0 Å². The molecule has 1 heterocycles. The van der Waals surface area contributed by atoms with Crippen LogP contribution in [-0.4, -0.2) is 4.57 Å². The van der Waals surface area contributed by atoms with Crippen LogP contribution in [0.15, 0.2) is 12.1 Å². The van der Waals surface area contributed by atoms with E-state index in [1.807, 2.05) is 0 Å². The molecule has 0 aromatic carbocycles. The number of rotatable bonds is 5. The van der Waals surface area contributed by atoms with E-state index in [2.05, 4.69) is 44.4 Å². The highest BCUT2D eigenvalue weighted by atomic mass is 15.0. The normalized spacial score (nSPS) is 11.2. The lowest BCUT2D eigenvalue weighted by Gasteiger charge is -2.09. The van der Waals surface area contributed by atoms with Crippen LogP contribution in [0.1, 0.15) is 44.5 Å². The number of aromatic nitrogens is 1. The van der Waals surface area contributed by atoms with E-state index in [4.69, 9.17) is 0 Å². The van der Waals surface area contributed by atoms with Crippen molar-refractivity contribution < 1.29 is 0 Å². The van der Waals surface area contributed by atoms with Gasteiger partial charge in [-0.2, -0.15) is 0 Å². The predicted octanol–water partition coefficient (Wildman–Crippen LogP) is 3.93. The van der Waals surface area contributed by atoms with Crippen molar-refractivity contribution in [2.45, 2.75) is 53.5 Å². The van der Waals surface area contributed by atoms with Crippen molar-refractivity contribution in [2.75, 3.05) is 0 Å². The van der Waals surface area contributed by atoms with Gasteiger partial charge in [-0.3, -0.25) is 0 Å². The molecule has 1 nitrogen and oxygen atoms in total. The fraction of sp³-hybridized carbons (Fsp3) is 0.692. The van der Waals surface area contributed by atoms with Gasteiger partial charge in [0.25, 0.3) is 0 Å². The molecule has 0 saturated carbocycles. The first kappa shape index (κ1) is 11.4.